The van der Waals surface area contributed by atoms with Gasteiger partial charge in [0.2, 0.25) is 5.13 Å². The minimum Gasteiger partial charge on any atom is -0.368 e. The van der Waals surface area contributed by atoms with Crippen LogP contribution in [0.15, 0.2) is 54.6 Å². The standard InChI is InChI=1S/C27H28FN5OS.ClH/c1-18-24(17-21-7-5-4-6-8-21)20(3)33(30-18)27-29-19(2)25(35-27)26(34)32-15-13-31(14-16-32)23-11-9-22(28)10-12-23;/h4-12H,13-17H2,1-3H3;1H. The maximum atomic E-state index is 13.3. The number of anilines is 1. The lowest BCUT2D eigenvalue weighted by Gasteiger charge is -2.36. The highest BCUT2D eigenvalue weighted by Crippen LogP contribution is 2.27. The molecule has 1 aliphatic rings. The van der Waals surface area contributed by atoms with Crippen LogP contribution in [0.2, 0.25) is 0 Å². The Bertz CT molecular complexity index is 1340. The van der Waals surface area contributed by atoms with E-state index in [-0.39, 0.29) is 24.1 Å². The van der Waals surface area contributed by atoms with Crippen LogP contribution in [0.1, 0.15) is 37.9 Å². The summed E-state index contributed by atoms with van der Waals surface area (Å²) in [6, 6.07) is 16.9. The average Bonchev–Trinajstić information content (AvgIpc) is 3.39. The molecule has 36 heavy (non-hydrogen) atoms. The number of hydrogen-bond acceptors (Lipinski definition) is 5. The summed E-state index contributed by atoms with van der Waals surface area (Å²) in [6.07, 6.45) is 0.812. The second-order valence-corrected chi connectivity index (χ2v) is 9.87. The van der Waals surface area contributed by atoms with Gasteiger partial charge in [-0.2, -0.15) is 5.10 Å². The van der Waals surface area contributed by atoms with Crippen LogP contribution < -0.4 is 4.90 Å². The van der Waals surface area contributed by atoms with Gasteiger partial charge in [0.25, 0.3) is 5.91 Å². The predicted molar refractivity (Wildman–Crippen MR) is 144 cm³/mol. The van der Waals surface area contributed by atoms with E-state index in [0.717, 1.165) is 34.3 Å². The number of carbonyl (C=O) groups excluding carboxylic acids is 1. The third-order valence-corrected chi connectivity index (χ3v) is 7.71. The Morgan fingerprint density at radius 3 is 2.28 bits per heavy atom. The molecule has 1 fully saturated rings. The lowest BCUT2D eigenvalue weighted by atomic mass is 10.0. The van der Waals surface area contributed by atoms with Crippen molar-refractivity contribution in [1.29, 1.82) is 0 Å². The summed E-state index contributed by atoms with van der Waals surface area (Å²) < 4.78 is 15.1. The minimum atomic E-state index is -0.242. The molecule has 6 nitrogen and oxygen atoms in total. The van der Waals surface area contributed by atoms with E-state index in [1.807, 2.05) is 41.6 Å². The summed E-state index contributed by atoms with van der Waals surface area (Å²) >= 11 is 1.40. The molecule has 0 spiro atoms. The molecule has 3 heterocycles. The highest BCUT2D eigenvalue weighted by Gasteiger charge is 2.27. The van der Waals surface area contributed by atoms with Crippen LogP contribution in [0.5, 0.6) is 0 Å². The molecule has 0 bridgehead atoms. The summed E-state index contributed by atoms with van der Waals surface area (Å²) in [4.78, 5) is 22.8. The molecule has 5 rings (SSSR count). The SMILES string of the molecule is Cc1nc(-n2nc(C)c(Cc3ccccc3)c2C)sc1C(=O)N1CCN(c2ccc(F)cc2)CC1.Cl. The quantitative estimate of drug-likeness (QED) is 0.351. The third-order valence-electron chi connectivity index (χ3n) is 6.58. The van der Waals surface area contributed by atoms with E-state index in [2.05, 4.69) is 24.0 Å². The van der Waals surface area contributed by atoms with Gasteiger partial charge in [-0.25, -0.2) is 14.1 Å². The molecule has 188 valence electrons. The molecule has 9 heteroatoms. The molecule has 2 aromatic carbocycles. The van der Waals surface area contributed by atoms with Gasteiger partial charge in [-0.15, -0.1) is 12.4 Å². The summed E-state index contributed by atoms with van der Waals surface area (Å²) in [5.74, 6) is -0.232. The van der Waals surface area contributed by atoms with Crippen molar-refractivity contribution in [3.05, 3.63) is 93.5 Å². The number of hydrogen-bond donors (Lipinski definition) is 0. The van der Waals surface area contributed by atoms with E-state index in [1.165, 1.54) is 34.6 Å². The first-order valence-corrected chi connectivity index (χ1v) is 12.6. The van der Waals surface area contributed by atoms with Gasteiger partial charge in [0.15, 0.2) is 0 Å². The molecule has 4 aromatic rings. The molecular weight excluding hydrogens is 497 g/mol. The maximum absolute atomic E-state index is 13.3. The van der Waals surface area contributed by atoms with Crippen molar-refractivity contribution in [2.45, 2.75) is 27.2 Å². The number of halogens is 2. The van der Waals surface area contributed by atoms with Gasteiger partial charge in [0.05, 0.1) is 11.4 Å². The largest absolute Gasteiger partial charge is 0.368 e. The first kappa shape index (κ1) is 25.9. The van der Waals surface area contributed by atoms with Gasteiger partial charge in [-0.05, 0) is 50.6 Å². The zero-order valence-corrected chi connectivity index (χ0v) is 22.2. The first-order valence-electron chi connectivity index (χ1n) is 11.8. The van der Waals surface area contributed by atoms with Crippen molar-refractivity contribution in [2.75, 3.05) is 31.1 Å². The van der Waals surface area contributed by atoms with Crippen LogP contribution in [0.25, 0.3) is 5.13 Å². The van der Waals surface area contributed by atoms with Gasteiger partial charge in [0, 0.05) is 49.5 Å². The van der Waals surface area contributed by atoms with Crippen molar-refractivity contribution in [1.82, 2.24) is 19.7 Å². The highest BCUT2D eigenvalue weighted by molar-refractivity contribution is 7.16. The van der Waals surface area contributed by atoms with Crippen molar-refractivity contribution in [3.63, 3.8) is 0 Å². The van der Waals surface area contributed by atoms with Gasteiger partial charge in [0.1, 0.15) is 10.7 Å². The monoisotopic (exact) mass is 525 g/mol. The smallest absolute Gasteiger partial charge is 0.266 e. The first-order chi connectivity index (χ1) is 16.9. The van der Waals surface area contributed by atoms with Crippen LogP contribution >= 0.6 is 23.7 Å². The topological polar surface area (TPSA) is 54.3 Å². The van der Waals surface area contributed by atoms with Crippen molar-refractivity contribution >= 4 is 35.3 Å². The fourth-order valence-corrected chi connectivity index (χ4v) is 5.59. The Labute approximate surface area is 220 Å². The molecule has 0 N–H and O–H groups in total. The summed E-state index contributed by atoms with van der Waals surface area (Å²) in [5.41, 5.74) is 6.16. The van der Waals surface area contributed by atoms with Crippen LogP contribution in [0.3, 0.4) is 0 Å². The Morgan fingerprint density at radius 2 is 1.61 bits per heavy atom. The van der Waals surface area contributed by atoms with Crippen molar-refractivity contribution in [3.8, 4) is 5.13 Å². The fourth-order valence-electron chi connectivity index (χ4n) is 4.55. The number of carbonyl (C=O) groups is 1. The van der Waals surface area contributed by atoms with Gasteiger partial charge >= 0.3 is 0 Å². The van der Waals surface area contributed by atoms with E-state index >= 15 is 0 Å². The van der Waals surface area contributed by atoms with Crippen LogP contribution in [-0.2, 0) is 6.42 Å². The van der Waals surface area contributed by atoms with E-state index in [4.69, 9.17) is 10.1 Å². The Kier molecular flexibility index (Phi) is 7.76. The average molecular weight is 526 g/mol. The lowest BCUT2D eigenvalue weighted by molar-refractivity contribution is 0.0750. The number of aromatic nitrogens is 3. The number of piperazine rings is 1. The molecule has 1 aliphatic heterocycles. The lowest BCUT2D eigenvalue weighted by Crippen LogP contribution is -2.48. The third kappa shape index (κ3) is 5.15. The number of benzene rings is 2. The molecule has 0 saturated carbocycles. The minimum absolute atomic E-state index is 0. The highest BCUT2D eigenvalue weighted by atomic mass is 35.5. The second-order valence-electron chi connectivity index (χ2n) is 8.89. The number of rotatable bonds is 5. The summed E-state index contributed by atoms with van der Waals surface area (Å²) in [5, 5.41) is 5.48. The molecule has 1 amide bonds. The van der Waals surface area contributed by atoms with E-state index in [1.54, 1.807) is 12.1 Å². The zero-order chi connectivity index (χ0) is 24.5. The van der Waals surface area contributed by atoms with Crippen molar-refractivity contribution < 1.29 is 9.18 Å². The number of aryl methyl sites for hydroxylation is 2. The van der Waals surface area contributed by atoms with Crippen LogP contribution in [0, 0.1) is 26.6 Å². The summed E-state index contributed by atoms with van der Waals surface area (Å²) in [6.45, 7) is 8.62. The van der Waals surface area contributed by atoms with Crippen molar-refractivity contribution in [2.24, 2.45) is 0 Å². The van der Waals surface area contributed by atoms with Crippen LogP contribution in [-0.4, -0.2) is 51.8 Å². The number of nitrogens with zero attached hydrogens (tertiary/aromatic N) is 5. The molecule has 0 radical (unpaired) electrons. The van der Waals surface area contributed by atoms with E-state index in [9.17, 15) is 9.18 Å². The van der Waals surface area contributed by atoms with Crippen LogP contribution in [0.4, 0.5) is 10.1 Å². The molecule has 0 unspecified atom stereocenters. The molecule has 1 saturated heterocycles. The Balaban J connectivity index is 0.00000304. The summed E-state index contributed by atoms with van der Waals surface area (Å²) in [7, 11) is 0. The second kappa shape index (κ2) is 10.8. The predicted octanol–water partition coefficient (Wildman–Crippen LogP) is 5.37. The van der Waals surface area contributed by atoms with Gasteiger partial charge < -0.3 is 9.80 Å². The molecule has 0 aliphatic carbocycles. The molecule has 0 atom stereocenters. The number of thiazole rings is 1. The fraction of sp³-hybridized carbons (Fsp3) is 0.296. The number of amides is 1. The molecule has 2 aromatic heterocycles. The molecular formula is C27H29ClFN5OS. The van der Waals surface area contributed by atoms with Gasteiger partial charge in [-0.1, -0.05) is 41.7 Å². The van der Waals surface area contributed by atoms with E-state index in [0.29, 0.717) is 31.1 Å². The maximum Gasteiger partial charge on any atom is 0.266 e. The Hall–Kier alpha value is -3.23. The van der Waals surface area contributed by atoms with Gasteiger partial charge in [-0.3, -0.25) is 4.79 Å². The Morgan fingerprint density at radius 1 is 0.944 bits per heavy atom. The normalized spacial score (nSPS) is 13.6. The zero-order valence-electron chi connectivity index (χ0n) is 20.6. The van der Waals surface area contributed by atoms with E-state index < -0.39 is 0 Å².